The number of nitrogens with two attached hydrogens (primary N) is 1. The number of aromatic amines is 1. The lowest BCUT2D eigenvalue weighted by Crippen LogP contribution is -2.13. The van der Waals surface area contributed by atoms with E-state index in [2.05, 4.69) is 18.0 Å². The van der Waals surface area contributed by atoms with E-state index < -0.39 is 0 Å². The number of aromatic nitrogens is 1. The van der Waals surface area contributed by atoms with Crippen LogP contribution in [-0.2, 0) is 6.42 Å². The van der Waals surface area contributed by atoms with Crippen molar-refractivity contribution in [3.63, 3.8) is 0 Å². The molecule has 62 valence electrons. The lowest BCUT2D eigenvalue weighted by molar-refractivity contribution is 0.510. The number of halogens is 1. The van der Waals surface area contributed by atoms with Gasteiger partial charge in [-0.15, -0.1) is 12.4 Å². The van der Waals surface area contributed by atoms with E-state index in [0.717, 1.165) is 6.42 Å². The van der Waals surface area contributed by atoms with Crippen LogP contribution < -0.4 is 5.73 Å². The quantitative estimate of drug-likeness (QED) is 0.614. The molecular weight excluding hydrogens is 160 g/mol. The molecule has 0 saturated carbocycles. The fourth-order valence-corrected chi connectivity index (χ4v) is 1.66. The highest BCUT2D eigenvalue weighted by molar-refractivity contribution is 5.85. The van der Waals surface area contributed by atoms with E-state index in [1.165, 1.54) is 11.3 Å². The third-order valence-corrected chi connectivity index (χ3v) is 2.37. The van der Waals surface area contributed by atoms with Gasteiger partial charge in [0.15, 0.2) is 0 Å². The van der Waals surface area contributed by atoms with Gasteiger partial charge in [-0.2, -0.15) is 0 Å². The highest BCUT2D eigenvalue weighted by Gasteiger charge is 2.26. The Morgan fingerprint density at radius 1 is 1.64 bits per heavy atom. The average molecular weight is 173 g/mol. The Morgan fingerprint density at radius 2 is 2.36 bits per heavy atom. The number of rotatable bonds is 0. The van der Waals surface area contributed by atoms with Crippen molar-refractivity contribution in [3.05, 3.63) is 23.5 Å². The van der Waals surface area contributed by atoms with Gasteiger partial charge in [0.25, 0.3) is 0 Å². The zero-order valence-electron chi connectivity index (χ0n) is 6.50. The van der Waals surface area contributed by atoms with Crippen molar-refractivity contribution < 1.29 is 0 Å². The Labute approximate surface area is 72.6 Å². The standard InChI is InChI=1S/C8H12N2.ClH/c1-5-4-7-6(8(5)9)2-3-10-7;/h2-3,5,8,10H,4,9H2,1H3;1H. The zero-order valence-corrected chi connectivity index (χ0v) is 7.32. The highest BCUT2D eigenvalue weighted by Crippen LogP contribution is 2.32. The molecule has 0 spiro atoms. The second-order valence-electron chi connectivity index (χ2n) is 3.12. The predicted octanol–water partition coefficient (Wildman–Crippen LogP) is 1.63. The molecule has 2 rings (SSSR count). The summed E-state index contributed by atoms with van der Waals surface area (Å²) in [6.45, 7) is 2.19. The second-order valence-corrected chi connectivity index (χ2v) is 3.12. The largest absolute Gasteiger partial charge is 0.365 e. The summed E-state index contributed by atoms with van der Waals surface area (Å²) in [5, 5.41) is 0. The lowest BCUT2D eigenvalue weighted by atomic mass is 10.0. The number of fused-ring (bicyclic) bond motifs is 1. The van der Waals surface area contributed by atoms with Crippen LogP contribution in [0.1, 0.15) is 24.2 Å². The molecule has 0 aromatic carbocycles. The molecule has 2 nitrogen and oxygen atoms in total. The molecular formula is C8H13ClN2. The van der Waals surface area contributed by atoms with Crippen LogP contribution in [0.15, 0.2) is 12.3 Å². The summed E-state index contributed by atoms with van der Waals surface area (Å²) in [6, 6.07) is 2.35. The molecule has 0 bridgehead atoms. The zero-order chi connectivity index (χ0) is 7.14. The molecule has 1 heterocycles. The second kappa shape index (κ2) is 2.88. The predicted molar refractivity (Wildman–Crippen MR) is 47.8 cm³/mol. The third-order valence-electron chi connectivity index (χ3n) is 2.37. The van der Waals surface area contributed by atoms with Crippen molar-refractivity contribution in [2.45, 2.75) is 19.4 Å². The van der Waals surface area contributed by atoms with Crippen LogP contribution in [0.3, 0.4) is 0 Å². The minimum Gasteiger partial charge on any atom is -0.365 e. The van der Waals surface area contributed by atoms with Crippen molar-refractivity contribution in [2.24, 2.45) is 11.7 Å². The first-order valence-corrected chi connectivity index (χ1v) is 3.71. The maximum atomic E-state index is 5.91. The van der Waals surface area contributed by atoms with Gasteiger partial charge < -0.3 is 10.7 Å². The Bertz CT molecular complexity index is 244. The van der Waals surface area contributed by atoms with Crippen molar-refractivity contribution in [1.82, 2.24) is 4.98 Å². The maximum Gasteiger partial charge on any atom is 0.0342 e. The summed E-state index contributed by atoms with van der Waals surface area (Å²) in [5.74, 6) is 0.613. The number of H-pyrrole nitrogens is 1. The fraction of sp³-hybridized carbons (Fsp3) is 0.500. The molecule has 0 aliphatic heterocycles. The smallest absolute Gasteiger partial charge is 0.0342 e. The molecule has 1 aliphatic carbocycles. The normalized spacial score (nSPS) is 27.8. The van der Waals surface area contributed by atoms with E-state index >= 15 is 0 Å². The summed E-state index contributed by atoms with van der Waals surface area (Å²) < 4.78 is 0. The molecule has 1 aromatic rings. The summed E-state index contributed by atoms with van der Waals surface area (Å²) >= 11 is 0. The Morgan fingerprint density at radius 3 is 3.00 bits per heavy atom. The van der Waals surface area contributed by atoms with Crippen molar-refractivity contribution in [2.75, 3.05) is 0 Å². The first-order chi connectivity index (χ1) is 4.79. The summed E-state index contributed by atoms with van der Waals surface area (Å²) in [6.07, 6.45) is 3.08. The van der Waals surface area contributed by atoms with E-state index in [9.17, 15) is 0 Å². The molecule has 3 N–H and O–H groups in total. The van der Waals surface area contributed by atoms with Crippen LogP contribution in [0.5, 0.6) is 0 Å². The summed E-state index contributed by atoms with van der Waals surface area (Å²) in [4.78, 5) is 3.20. The molecule has 2 atom stereocenters. The van der Waals surface area contributed by atoms with E-state index in [4.69, 9.17) is 5.73 Å². The third kappa shape index (κ3) is 1.17. The van der Waals surface area contributed by atoms with Gasteiger partial charge >= 0.3 is 0 Å². The topological polar surface area (TPSA) is 41.8 Å². The van der Waals surface area contributed by atoms with E-state index in [0.29, 0.717) is 5.92 Å². The monoisotopic (exact) mass is 172 g/mol. The Hall–Kier alpha value is -0.470. The molecule has 1 aliphatic rings. The van der Waals surface area contributed by atoms with Crippen LogP contribution in [0.2, 0.25) is 0 Å². The van der Waals surface area contributed by atoms with Gasteiger partial charge in [0.1, 0.15) is 0 Å². The van der Waals surface area contributed by atoms with Crippen LogP contribution in [-0.4, -0.2) is 4.98 Å². The van der Waals surface area contributed by atoms with Gasteiger partial charge in [-0.25, -0.2) is 0 Å². The lowest BCUT2D eigenvalue weighted by Gasteiger charge is -2.07. The minimum atomic E-state index is 0. The molecule has 2 unspecified atom stereocenters. The first-order valence-electron chi connectivity index (χ1n) is 3.71. The van der Waals surface area contributed by atoms with Crippen molar-refractivity contribution in [1.29, 1.82) is 0 Å². The Kier molecular flexibility index (Phi) is 2.25. The molecule has 0 radical (unpaired) electrons. The van der Waals surface area contributed by atoms with Gasteiger partial charge in [-0.1, -0.05) is 6.92 Å². The number of hydrogen-bond donors (Lipinski definition) is 2. The van der Waals surface area contributed by atoms with Gasteiger partial charge in [0.2, 0.25) is 0 Å². The number of nitrogens with one attached hydrogen (secondary N) is 1. The van der Waals surface area contributed by atoms with Crippen LogP contribution in [0.25, 0.3) is 0 Å². The molecule has 0 saturated heterocycles. The molecule has 11 heavy (non-hydrogen) atoms. The van der Waals surface area contributed by atoms with Crippen molar-refractivity contribution >= 4 is 12.4 Å². The van der Waals surface area contributed by atoms with Crippen LogP contribution in [0.4, 0.5) is 0 Å². The minimum absolute atomic E-state index is 0. The SMILES string of the molecule is CC1Cc2[nH]ccc2C1N.Cl. The Balaban J connectivity index is 0.000000605. The highest BCUT2D eigenvalue weighted by atomic mass is 35.5. The van der Waals surface area contributed by atoms with Gasteiger partial charge in [-0.3, -0.25) is 0 Å². The molecule has 3 heteroatoms. The van der Waals surface area contributed by atoms with Crippen LogP contribution >= 0.6 is 12.4 Å². The summed E-state index contributed by atoms with van der Waals surface area (Å²) in [7, 11) is 0. The van der Waals surface area contributed by atoms with E-state index in [-0.39, 0.29) is 18.4 Å². The van der Waals surface area contributed by atoms with Crippen LogP contribution in [0, 0.1) is 5.92 Å². The first kappa shape index (κ1) is 8.62. The molecule has 0 fully saturated rings. The maximum absolute atomic E-state index is 5.91. The van der Waals surface area contributed by atoms with Gasteiger partial charge in [0, 0.05) is 17.9 Å². The van der Waals surface area contributed by atoms with Gasteiger partial charge in [0.05, 0.1) is 0 Å². The fourth-order valence-electron chi connectivity index (χ4n) is 1.66. The summed E-state index contributed by atoms with van der Waals surface area (Å²) in [5.41, 5.74) is 8.56. The van der Waals surface area contributed by atoms with Gasteiger partial charge in [-0.05, 0) is 24.0 Å². The van der Waals surface area contributed by atoms with Crippen molar-refractivity contribution in [3.8, 4) is 0 Å². The molecule has 0 amide bonds. The molecule has 1 aromatic heterocycles. The average Bonchev–Trinajstić information content (AvgIpc) is 2.41. The number of hydrogen-bond acceptors (Lipinski definition) is 1. The van der Waals surface area contributed by atoms with E-state index in [1.807, 2.05) is 6.20 Å². The van der Waals surface area contributed by atoms with E-state index in [1.54, 1.807) is 0 Å².